The molecule has 1 saturated carbocycles. The van der Waals surface area contributed by atoms with E-state index in [4.69, 9.17) is 5.26 Å². The van der Waals surface area contributed by atoms with E-state index in [0.29, 0.717) is 19.4 Å². The molecule has 1 fully saturated rings. The first-order chi connectivity index (χ1) is 9.23. The molecule has 96 valence electrons. The molecule has 0 radical (unpaired) electrons. The molecular formula is C14H14N4O. The number of nitriles is 1. The molecule has 0 unspecified atom stereocenters. The number of nitrogens with zero attached hydrogens (tertiary/aromatic N) is 2. The summed E-state index contributed by atoms with van der Waals surface area (Å²) in [7, 11) is 0. The van der Waals surface area contributed by atoms with E-state index in [2.05, 4.69) is 21.4 Å². The van der Waals surface area contributed by atoms with Gasteiger partial charge in [0, 0.05) is 6.54 Å². The van der Waals surface area contributed by atoms with Crippen molar-refractivity contribution in [1.29, 1.82) is 5.26 Å². The second-order valence-electron chi connectivity index (χ2n) is 4.95. The van der Waals surface area contributed by atoms with Gasteiger partial charge in [0.2, 0.25) is 5.91 Å². The Morgan fingerprint density at radius 2 is 2.37 bits per heavy atom. The molecule has 3 rings (SSSR count). The van der Waals surface area contributed by atoms with Crippen molar-refractivity contribution in [3.05, 3.63) is 30.1 Å². The van der Waals surface area contributed by atoms with Crippen LogP contribution in [0, 0.1) is 16.7 Å². The van der Waals surface area contributed by atoms with Crippen molar-refractivity contribution in [3.63, 3.8) is 0 Å². The van der Waals surface area contributed by atoms with Gasteiger partial charge in [0.15, 0.2) is 0 Å². The second kappa shape index (κ2) is 4.39. The maximum Gasteiger partial charge on any atom is 0.240 e. The van der Waals surface area contributed by atoms with Crippen molar-refractivity contribution in [2.45, 2.75) is 19.3 Å². The Morgan fingerprint density at radius 3 is 3.11 bits per heavy atom. The molecule has 5 nitrogen and oxygen atoms in total. The van der Waals surface area contributed by atoms with Crippen LogP contribution in [0.3, 0.4) is 0 Å². The SMILES string of the molecule is N#CC1(C(=O)NCCc2ccc3nc[nH]c3c2)CC1. The number of fused-ring (bicyclic) bond motifs is 1. The lowest BCUT2D eigenvalue weighted by atomic mass is 10.1. The fraction of sp³-hybridized carbons (Fsp3) is 0.357. The van der Waals surface area contributed by atoms with Gasteiger partial charge in [0.05, 0.1) is 23.4 Å². The van der Waals surface area contributed by atoms with Gasteiger partial charge >= 0.3 is 0 Å². The van der Waals surface area contributed by atoms with Gasteiger partial charge in [-0.2, -0.15) is 5.26 Å². The molecule has 1 amide bonds. The summed E-state index contributed by atoms with van der Waals surface area (Å²) in [4.78, 5) is 19.0. The lowest BCUT2D eigenvalue weighted by Gasteiger charge is -2.08. The molecule has 19 heavy (non-hydrogen) atoms. The Hall–Kier alpha value is -2.35. The standard InChI is InChI=1S/C14H14N4O/c15-8-14(4-5-14)13(19)16-6-3-10-1-2-11-12(7-10)18-9-17-11/h1-2,7,9H,3-6H2,(H,16,19)(H,17,18). The lowest BCUT2D eigenvalue weighted by Crippen LogP contribution is -2.32. The molecule has 2 aromatic rings. The zero-order valence-corrected chi connectivity index (χ0v) is 10.4. The molecule has 0 bridgehead atoms. The van der Waals surface area contributed by atoms with Crippen LogP contribution in [-0.4, -0.2) is 22.4 Å². The van der Waals surface area contributed by atoms with Gasteiger partial charge in [-0.3, -0.25) is 4.79 Å². The second-order valence-corrected chi connectivity index (χ2v) is 4.95. The van der Waals surface area contributed by atoms with Gasteiger partial charge in [0.25, 0.3) is 0 Å². The van der Waals surface area contributed by atoms with Crippen molar-refractivity contribution in [2.75, 3.05) is 6.54 Å². The fourth-order valence-corrected chi connectivity index (χ4v) is 2.14. The molecule has 1 aromatic carbocycles. The predicted molar refractivity (Wildman–Crippen MR) is 70.1 cm³/mol. The minimum absolute atomic E-state index is 0.127. The van der Waals surface area contributed by atoms with Gasteiger partial charge in [-0.05, 0) is 37.0 Å². The number of carbonyl (C=O) groups excluding carboxylic acids is 1. The van der Waals surface area contributed by atoms with E-state index >= 15 is 0 Å². The van der Waals surface area contributed by atoms with E-state index in [1.54, 1.807) is 6.33 Å². The molecule has 0 atom stereocenters. The highest BCUT2D eigenvalue weighted by molar-refractivity contribution is 5.88. The summed E-state index contributed by atoms with van der Waals surface area (Å²) < 4.78 is 0. The van der Waals surface area contributed by atoms with Crippen molar-refractivity contribution < 1.29 is 4.79 Å². The van der Waals surface area contributed by atoms with Gasteiger partial charge < -0.3 is 10.3 Å². The molecule has 0 spiro atoms. The fourth-order valence-electron chi connectivity index (χ4n) is 2.14. The Balaban J connectivity index is 1.57. The Labute approximate surface area is 110 Å². The van der Waals surface area contributed by atoms with E-state index in [-0.39, 0.29) is 5.91 Å². The molecule has 0 aliphatic heterocycles. The summed E-state index contributed by atoms with van der Waals surface area (Å²) in [5.74, 6) is -0.127. The topological polar surface area (TPSA) is 81.6 Å². The number of imidazole rings is 1. The maximum atomic E-state index is 11.8. The van der Waals surface area contributed by atoms with Crippen LogP contribution >= 0.6 is 0 Å². The van der Waals surface area contributed by atoms with Crippen LogP contribution in [0.2, 0.25) is 0 Å². The number of hydrogen-bond acceptors (Lipinski definition) is 3. The van der Waals surface area contributed by atoms with Crippen molar-refractivity contribution in [2.24, 2.45) is 5.41 Å². The number of aromatic nitrogens is 2. The summed E-state index contributed by atoms with van der Waals surface area (Å²) in [6.07, 6.45) is 3.80. The van der Waals surface area contributed by atoms with Crippen molar-refractivity contribution in [1.82, 2.24) is 15.3 Å². The predicted octanol–water partition coefficient (Wildman–Crippen LogP) is 1.53. The molecule has 1 heterocycles. The number of hydrogen-bond donors (Lipinski definition) is 2. The molecule has 0 saturated heterocycles. The summed E-state index contributed by atoms with van der Waals surface area (Å²) in [6, 6.07) is 8.10. The average molecular weight is 254 g/mol. The van der Waals surface area contributed by atoms with Crippen molar-refractivity contribution >= 4 is 16.9 Å². The highest BCUT2D eigenvalue weighted by atomic mass is 16.2. The first-order valence-corrected chi connectivity index (χ1v) is 6.35. The van der Waals surface area contributed by atoms with Crippen LogP contribution in [0.15, 0.2) is 24.5 Å². The monoisotopic (exact) mass is 254 g/mol. The minimum atomic E-state index is -0.729. The zero-order chi connectivity index (χ0) is 13.3. The van der Waals surface area contributed by atoms with E-state index in [9.17, 15) is 4.79 Å². The third-order valence-electron chi connectivity index (χ3n) is 3.58. The van der Waals surface area contributed by atoms with Crippen LogP contribution in [0.5, 0.6) is 0 Å². The highest BCUT2D eigenvalue weighted by Crippen LogP contribution is 2.44. The largest absolute Gasteiger partial charge is 0.354 e. The number of rotatable bonds is 4. The molecular weight excluding hydrogens is 240 g/mol. The van der Waals surface area contributed by atoms with E-state index in [1.165, 1.54) is 0 Å². The molecule has 1 aromatic heterocycles. The summed E-state index contributed by atoms with van der Waals surface area (Å²) in [5.41, 5.74) is 2.35. The van der Waals surface area contributed by atoms with Crippen molar-refractivity contribution in [3.8, 4) is 6.07 Å². The van der Waals surface area contributed by atoms with Crippen LogP contribution in [0.4, 0.5) is 0 Å². The van der Waals surface area contributed by atoms with E-state index < -0.39 is 5.41 Å². The quantitative estimate of drug-likeness (QED) is 0.868. The van der Waals surface area contributed by atoms with Crippen LogP contribution in [0.25, 0.3) is 11.0 Å². The summed E-state index contributed by atoms with van der Waals surface area (Å²) in [6.45, 7) is 0.557. The van der Waals surface area contributed by atoms with E-state index in [0.717, 1.165) is 23.0 Å². The molecule has 1 aliphatic rings. The van der Waals surface area contributed by atoms with Gasteiger partial charge in [0.1, 0.15) is 5.41 Å². The number of amides is 1. The molecule has 2 N–H and O–H groups in total. The lowest BCUT2D eigenvalue weighted by molar-refractivity contribution is -0.124. The third kappa shape index (κ3) is 2.17. The number of aromatic amines is 1. The van der Waals surface area contributed by atoms with Gasteiger partial charge in [-0.25, -0.2) is 4.98 Å². The zero-order valence-electron chi connectivity index (χ0n) is 10.4. The first-order valence-electron chi connectivity index (χ1n) is 6.35. The normalized spacial score (nSPS) is 15.9. The number of carbonyl (C=O) groups is 1. The smallest absolute Gasteiger partial charge is 0.240 e. The van der Waals surface area contributed by atoms with Gasteiger partial charge in [-0.15, -0.1) is 0 Å². The highest BCUT2D eigenvalue weighted by Gasteiger charge is 2.50. The van der Waals surface area contributed by atoms with E-state index in [1.807, 2.05) is 18.2 Å². The molecule has 5 heteroatoms. The average Bonchev–Trinajstić information content (AvgIpc) is 3.10. The number of H-pyrrole nitrogens is 1. The molecule has 1 aliphatic carbocycles. The summed E-state index contributed by atoms with van der Waals surface area (Å²) in [5, 5.41) is 11.8. The van der Waals surface area contributed by atoms with Crippen LogP contribution in [-0.2, 0) is 11.2 Å². The number of nitrogens with one attached hydrogen (secondary N) is 2. The Kier molecular flexibility index (Phi) is 2.71. The first kappa shape index (κ1) is 11.7. The third-order valence-corrected chi connectivity index (χ3v) is 3.58. The number of benzene rings is 1. The maximum absolute atomic E-state index is 11.8. The Bertz CT molecular complexity index is 663. The van der Waals surface area contributed by atoms with Crippen LogP contribution in [0.1, 0.15) is 18.4 Å². The summed E-state index contributed by atoms with van der Waals surface area (Å²) >= 11 is 0. The minimum Gasteiger partial charge on any atom is -0.354 e. The van der Waals surface area contributed by atoms with Crippen LogP contribution < -0.4 is 5.32 Å². The van der Waals surface area contributed by atoms with Gasteiger partial charge in [-0.1, -0.05) is 6.07 Å². The Morgan fingerprint density at radius 1 is 1.53 bits per heavy atom.